The second-order valence-electron chi connectivity index (χ2n) is 5.03. The summed E-state index contributed by atoms with van der Waals surface area (Å²) in [6.07, 6.45) is 1.38. The standard InChI is InChI=1S/C17H12F2N2O2/c18-13-6-3-4-11(8-13)9-15-16(22)21(17(23)20-15)10-12-5-1-2-7-14(12)19/h1-9H,10H2,(H,20,23). The third kappa shape index (κ3) is 3.11. The zero-order valence-electron chi connectivity index (χ0n) is 11.9. The Morgan fingerprint density at radius 3 is 2.57 bits per heavy atom. The van der Waals surface area contributed by atoms with Crippen molar-refractivity contribution in [2.24, 2.45) is 0 Å². The molecule has 0 aromatic heterocycles. The molecule has 2 aromatic carbocycles. The van der Waals surface area contributed by atoms with E-state index in [1.165, 1.54) is 42.5 Å². The first-order valence-corrected chi connectivity index (χ1v) is 6.88. The largest absolute Gasteiger partial charge is 0.329 e. The van der Waals surface area contributed by atoms with Gasteiger partial charge in [-0.2, -0.15) is 0 Å². The molecule has 1 aliphatic rings. The number of nitrogens with one attached hydrogen (secondary N) is 1. The van der Waals surface area contributed by atoms with Gasteiger partial charge in [0.1, 0.15) is 17.3 Å². The number of carbonyl (C=O) groups excluding carboxylic acids is 2. The summed E-state index contributed by atoms with van der Waals surface area (Å²) in [5, 5.41) is 2.42. The van der Waals surface area contributed by atoms with Crippen LogP contribution in [0.2, 0.25) is 0 Å². The van der Waals surface area contributed by atoms with Gasteiger partial charge >= 0.3 is 6.03 Å². The Bertz CT molecular complexity index is 818. The minimum Gasteiger partial charge on any atom is -0.303 e. The molecule has 3 rings (SSSR count). The first-order valence-electron chi connectivity index (χ1n) is 6.88. The van der Waals surface area contributed by atoms with Gasteiger partial charge in [-0.1, -0.05) is 30.3 Å². The molecule has 1 N–H and O–H groups in total. The lowest BCUT2D eigenvalue weighted by molar-refractivity contribution is -0.123. The average molecular weight is 314 g/mol. The first-order chi connectivity index (χ1) is 11.0. The number of halogens is 2. The van der Waals surface area contributed by atoms with E-state index in [9.17, 15) is 18.4 Å². The van der Waals surface area contributed by atoms with Crippen LogP contribution in [0.5, 0.6) is 0 Å². The van der Waals surface area contributed by atoms with Gasteiger partial charge in [-0.15, -0.1) is 0 Å². The quantitative estimate of drug-likeness (QED) is 0.699. The summed E-state index contributed by atoms with van der Waals surface area (Å²) in [5.74, 6) is -1.52. The maximum atomic E-state index is 13.7. The van der Waals surface area contributed by atoms with Gasteiger partial charge in [0.2, 0.25) is 0 Å². The van der Waals surface area contributed by atoms with Crippen molar-refractivity contribution in [1.82, 2.24) is 10.2 Å². The summed E-state index contributed by atoms with van der Waals surface area (Å²) in [5.41, 5.74) is 0.710. The smallest absolute Gasteiger partial charge is 0.303 e. The van der Waals surface area contributed by atoms with Crippen LogP contribution in [0.3, 0.4) is 0 Å². The Kier molecular flexibility index (Phi) is 3.89. The molecule has 116 valence electrons. The fourth-order valence-electron chi connectivity index (χ4n) is 2.28. The first kappa shape index (κ1) is 14.9. The van der Waals surface area contributed by atoms with Crippen LogP contribution in [0.4, 0.5) is 13.6 Å². The van der Waals surface area contributed by atoms with Crippen molar-refractivity contribution in [3.63, 3.8) is 0 Å². The molecule has 1 saturated heterocycles. The van der Waals surface area contributed by atoms with Crippen LogP contribution in [0.25, 0.3) is 6.08 Å². The third-order valence-electron chi connectivity index (χ3n) is 3.41. The molecule has 0 radical (unpaired) electrons. The summed E-state index contributed by atoms with van der Waals surface area (Å²) in [4.78, 5) is 25.1. The van der Waals surface area contributed by atoms with Gasteiger partial charge in [-0.3, -0.25) is 9.69 Å². The van der Waals surface area contributed by atoms with E-state index in [1.807, 2.05) is 0 Å². The molecule has 1 heterocycles. The lowest BCUT2D eigenvalue weighted by Crippen LogP contribution is -2.30. The van der Waals surface area contributed by atoms with Crippen LogP contribution in [0, 0.1) is 11.6 Å². The lowest BCUT2D eigenvalue weighted by Gasteiger charge is -2.12. The molecule has 0 aliphatic carbocycles. The minimum atomic E-state index is -0.638. The topological polar surface area (TPSA) is 49.4 Å². The lowest BCUT2D eigenvalue weighted by atomic mass is 10.1. The number of amides is 3. The van der Waals surface area contributed by atoms with Crippen LogP contribution in [0.1, 0.15) is 11.1 Å². The fraction of sp³-hybridized carbons (Fsp3) is 0.0588. The van der Waals surface area contributed by atoms with Crippen molar-refractivity contribution in [3.8, 4) is 0 Å². The minimum absolute atomic E-state index is 0.0249. The predicted molar refractivity (Wildman–Crippen MR) is 79.9 cm³/mol. The van der Waals surface area contributed by atoms with Crippen molar-refractivity contribution in [2.75, 3.05) is 0 Å². The molecule has 0 spiro atoms. The number of hydrogen-bond acceptors (Lipinski definition) is 2. The summed E-state index contributed by atoms with van der Waals surface area (Å²) < 4.78 is 26.8. The Balaban J connectivity index is 1.84. The zero-order chi connectivity index (χ0) is 16.4. The van der Waals surface area contributed by atoms with Gasteiger partial charge in [-0.25, -0.2) is 13.6 Å². The highest BCUT2D eigenvalue weighted by atomic mass is 19.1. The van der Waals surface area contributed by atoms with Gasteiger partial charge in [0, 0.05) is 5.56 Å². The van der Waals surface area contributed by atoms with Gasteiger partial charge < -0.3 is 5.32 Å². The third-order valence-corrected chi connectivity index (χ3v) is 3.41. The molecular weight excluding hydrogens is 302 g/mol. The normalized spacial score (nSPS) is 16.1. The van der Waals surface area contributed by atoms with Crippen molar-refractivity contribution in [3.05, 3.63) is 77.0 Å². The van der Waals surface area contributed by atoms with E-state index in [0.29, 0.717) is 5.56 Å². The maximum absolute atomic E-state index is 13.7. The van der Waals surface area contributed by atoms with Crippen molar-refractivity contribution >= 4 is 18.0 Å². The van der Waals surface area contributed by atoms with Gasteiger partial charge in [-0.05, 0) is 29.8 Å². The molecule has 2 aromatic rings. The van der Waals surface area contributed by atoms with E-state index in [-0.39, 0.29) is 17.8 Å². The Morgan fingerprint density at radius 1 is 1.04 bits per heavy atom. The molecule has 0 bridgehead atoms. The Labute approximate surface area is 131 Å². The summed E-state index contributed by atoms with van der Waals surface area (Å²) in [6, 6.07) is 10.9. The molecule has 0 unspecified atom stereocenters. The second kappa shape index (κ2) is 6.00. The van der Waals surface area contributed by atoms with E-state index in [1.54, 1.807) is 12.1 Å². The number of nitrogens with zero attached hydrogens (tertiary/aromatic N) is 1. The van der Waals surface area contributed by atoms with Gasteiger partial charge in [0.05, 0.1) is 6.54 Å². The molecule has 1 aliphatic heterocycles. The van der Waals surface area contributed by atoms with Crippen LogP contribution in [-0.4, -0.2) is 16.8 Å². The molecule has 0 saturated carbocycles. The van der Waals surface area contributed by atoms with Crippen molar-refractivity contribution in [2.45, 2.75) is 6.54 Å². The SMILES string of the molecule is O=C1NC(=Cc2cccc(F)c2)C(=O)N1Cc1ccccc1F. The Morgan fingerprint density at radius 2 is 1.83 bits per heavy atom. The molecule has 23 heavy (non-hydrogen) atoms. The van der Waals surface area contributed by atoms with Gasteiger partial charge in [0.25, 0.3) is 5.91 Å². The Hall–Kier alpha value is -3.02. The number of rotatable bonds is 3. The van der Waals surface area contributed by atoms with E-state index in [0.717, 1.165) is 4.90 Å². The maximum Gasteiger partial charge on any atom is 0.329 e. The van der Waals surface area contributed by atoms with Crippen LogP contribution in [-0.2, 0) is 11.3 Å². The highest BCUT2D eigenvalue weighted by molar-refractivity contribution is 6.13. The van der Waals surface area contributed by atoms with Gasteiger partial charge in [0.15, 0.2) is 0 Å². The van der Waals surface area contributed by atoms with E-state index < -0.39 is 23.6 Å². The fourth-order valence-corrected chi connectivity index (χ4v) is 2.28. The zero-order valence-corrected chi connectivity index (χ0v) is 11.9. The summed E-state index contributed by atoms with van der Waals surface area (Å²) in [7, 11) is 0. The van der Waals surface area contributed by atoms with Crippen molar-refractivity contribution in [1.29, 1.82) is 0 Å². The number of hydrogen-bond donors (Lipinski definition) is 1. The number of urea groups is 1. The monoisotopic (exact) mass is 314 g/mol. The summed E-state index contributed by atoms with van der Waals surface area (Å²) >= 11 is 0. The van der Waals surface area contributed by atoms with Crippen molar-refractivity contribution < 1.29 is 18.4 Å². The number of carbonyl (C=O) groups is 2. The predicted octanol–water partition coefficient (Wildman–Crippen LogP) is 3.06. The molecule has 6 heteroatoms. The van der Waals surface area contributed by atoms with E-state index in [4.69, 9.17) is 0 Å². The molecule has 3 amide bonds. The van der Waals surface area contributed by atoms with Crippen LogP contribution >= 0.6 is 0 Å². The second-order valence-corrected chi connectivity index (χ2v) is 5.03. The highest BCUT2D eigenvalue weighted by Crippen LogP contribution is 2.18. The van der Waals surface area contributed by atoms with Crippen LogP contribution < -0.4 is 5.32 Å². The van der Waals surface area contributed by atoms with E-state index >= 15 is 0 Å². The molecule has 0 atom stereocenters. The summed E-state index contributed by atoms with van der Waals surface area (Å²) in [6.45, 7) is -0.169. The van der Waals surface area contributed by atoms with E-state index in [2.05, 4.69) is 5.32 Å². The molecule has 4 nitrogen and oxygen atoms in total. The number of imide groups is 1. The molecule has 1 fully saturated rings. The molecular formula is C17H12F2N2O2. The number of benzene rings is 2. The average Bonchev–Trinajstić information content (AvgIpc) is 2.77. The van der Waals surface area contributed by atoms with Crippen LogP contribution in [0.15, 0.2) is 54.2 Å². The highest BCUT2D eigenvalue weighted by Gasteiger charge is 2.33.